The van der Waals surface area contributed by atoms with E-state index in [1.165, 1.54) is 19.3 Å². The maximum absolute atomic E-state index is 13.2. The Bertz CT molecular complexity index is 1130. The minimum Gasteiger partial charge on any atom is -0.495 e. The van der Waals surface area contributed by atoms with Crippen LogP contribution in [0.25, 0.3) is 0 Å². The van der Waals surface area contributed by atoms with Gasteiger partial charge in [0.15, 0.2) is 5.11 Å². The highest BCUT2D eigenvalue weighted by atomic mass is 35.5. The molecule has 9 heteroatoms. The second-order valence-electron chi connectivity index (χ2n) is 9.75. The zero-order valence-electron chi connectivity index (χ0n) is 18.4. The van der Waals surface area contributed by atoms with Gasteiger partial charge in [-0.15, -0.1) is 0 Å². The average molecular weight is 506 g/mol. The number of anilines is 2. The highest BCUT2D eigenvalue weighted by molar-refractivity contribution is 7.89. The highest BCUT2D eigenvalue weighted by Crippen LogP contribution is 2.56. The van der Waals surface area contributed by atoms with E-state index in [1.807, 2.05) is 0 Å². The number of ether oxygens (including phenoxy) is 1. The van der Waals surface area contributed by atoms with Crippen LogP contribution in [-0.2, 0) is 10.0 Å². The molecule has 0 aromatic heterocycles. The van der Waals surface area contributed by atoms with Crippen molar-refractivity contribution < 1.29 is 13.2 Å². The summed E-state index contributed by atoms with van der Waals surface area (Å²) in [4.78, 5) is 0.277. The Kier molecular flexibility index (Phi) is 6.05. The summed E-state index contributed by atoms with van der Waals surface area (Å²) in [6.45, 7) is 0. The van der Waals surface area contributed by atoms with Crippen molar-refractivity contribution in [3.8, 4) is 5.75 Å². The number of hydrogen-bond acceptors (Lipinski definition) is 4. The Morgan fingerprint density at radius 2 is 1.61 bits per heavy atom. The van der Waals surface area contributed by atoms with Crippen LogP contribution in [0, 0.1) is 17.8 Å². The summed E-state index contributed by atoms with van der Waals surface area (Å²) in [7, 11) is -2.02. The molecule has 0 unspecified atom stereocenters. The number of benzene rings is 2. The van der Waals surface area contributed by atoms with Gasteiger partial charge in [-0.1, -0.05) is 11.6 Å². The molecule has 0 spiro atoms. The van der Waals surface area contributed by atoms with Crippen molar-refractivity contribution >= 4 is 50.3 Å². The van der Waals surface area contributed by atoms with Crippen LogP contribution >= 0.6 is 23.8 Å². The number of sulfonamides is 1. The Labute approximate surface area is 205 Å². The van der Waals surface area contributed by atoms with Crippen LogP contribution in [0.1, 0.15) is 38.5 Å². The summed E-state index contributed by atoms with van der Waals surface area (Å²) in [5.41, 5.74) is 1.06. The minimum absolute atomic E-state index is 0.258. The predicted octanol–water partition coefficient (Wildman–Crippen LogP) is 5.40. The molecule has 4 fully saturated rings. The highest BCUT2D eigenvalue weighted by Gasteiger charge is 2.52. The first kappa shape index (κ1) is 22.9. The summed E-state index contributed by atoms with van der Waals surface area (Å²) < 4.78 is 34.8. The number of rotatable bonds is 6. The average Bonchev–Trinajstić information content (AvgIpc) is 2.72. The third kappa shape index (κ3) is 4.85. The molecule has 0 aliphatic heterocycles. The fourth-order valence-corrected chi connectivity index (χ4v) is 8.19. The Morgan fingerprint density at radius 3 is 2.18 bits per heavy atom. The first-order valence-corrected chi connectivity index (χ1v) is 13.6. The van der Waals surface area contributed by atoms with E-state index < -0.39 is 10.0 Å². The van der Waals surface area contributed by atoms with Crippen molar-refractivity contribution in [2.45, 2.75) is 49.0 Å². The first-order chi connectivity index (χ1) is 15.7. The maximum Gasteiger partial charge on any atom is 0.241 e. The molecular formula is C24H28ClN3O3S2. The molecule has 4 aliphatic carbocycles. The van der Waals surface area contributed by atoms with E-state index >= 15 is 0 Å². The van der Waals surface area contributed by atoms with Crippen molar-refractivity contribution in [2.24, 2.45) is 17.8 Å². The van der Waals surface area contributed by atoms with Gasteiger partial charge in [0, 0.05) is 16.2 Å². The van der Waals surface area contributed by atoms with E-state index in [1.54, 1.807) is 49.6 Å². The molecule has 0 radical (unpaired) electrons. The van der Waals surface area contributed by atoms with Gasteiger partial charge < -0.3 is 15.4 Å². The molecule has 0 heterocycles. The predicted molar refractivity (Wildman–Crippen MR) is 136 cm³/mol. The zero-order valence-corrected chi connectivity index (χ0v) is 20.8. The molecule has 2 aromatic rings. The second kappa shape index (κ2) is 8.73. The van der Waals surface area contributed by atoms with Gasteiger partial charge in [0.05, 0.1) is 17.7 Å². The molecule has 0 amide bonds. The first-order valence-electron chi connectivity index (χ1n) is 11.3. The largest absolute Gasteiger partial charge is 0.495 e. The van der Waals surface area contributed by atoms with Crippen LogP contribution in [0.15, 0.2) is 47.4 Å². The van der Waals surface area contributed by atoms with Gasteiger partial charge in [-0.2, -0.15) is 0 Å². The lowest BCUT2D eigenvalue weighted by atomic mass is 9.53. The fraction of sp³-hybridized carbons (Fsp3) is 0.458. The molecule has 3 N–H and O–H groups in total. The van der Waals surface area contributed by atoms with Crippen LogP contribution in [0.5, 0.6) is 5.75 Å². The monoisotopic (exact) mass is 505 g/mol. The van der Waals surface area contributed by atoms with Gasteiger partial charge in [-0.3, -0.25) is 0 Å². The lowest BCUT2D eigenvalue weighted by molar-refractivity contribution is -0.00810. The molecule has 176 valence electrons. The molecule has 6 rings (SSSR count). The Morgan fingerprint density at radius 1 is 1.00 bits per heavy atom. The lowest BCUT2D eigenvalue weighted by Gasteiger charge is -2.56. The molecule has 4 saturated carbocycles. The Balaban J connectivity index is 1.25. The third-order valence-electron chi connectivity index (χ3n) is 7.22. The summed E-state index contributed by atoms with van der Waals surface area (Å²) in [5, 5.41) is 7.04. The molecule has 4 bridgehead atoms. The van der Waals surface area contributed by atoms with Crippen molar-refractivity contribution in [3.05, 3.63) is 47.5 Å². The Hall–Kier alpha value is -1.87. The van der Waals surface area contributed by atoms with Gasteiger partial charge in [-0.25, -0.2) is 13.1 Å². The van der Waals surface area contributed by atoms with Crippen LogP contribution in [0.2, 0.25) is 5.02 Å². The van der Waals surface area contributed by atoms with Gasteiger partial charge >= 0.3 is 0 Å². The maximum atomic E-state index is 13.2. The normalized spacial score (nSPS) is 27.9. The van der Waals surface area contributed by atoms with Crippen LogP contribution < -0.4 is 20.1 Å². The number of hydrogen-bond donors (Lipinski definition) is 3. The molecule has 2 aromatic carbocycles. The molecule has 4 aliphatic rings. The van der Waals surface area contributed by atoms with Gasteiger partial charge in [-0.05, 0) is 111 Å². The summed E-state index contributed by atoms with van der Waals surface area (Å²) in [5.74, 6) is 2.65. The number of halogens is 1. The van der Waals surface area contributed by atoms with Crippen molar-refractivity contribution in [2.75, 3.05) is 17.7 Å². The summed E-state index contributed by atoms with van der Waals surface area (Å²) in [6.07, 6.45) is 6.75. The summed E-state index contributed by atoms with van der Waals surface area (Å²) in [6, 6.07) is 11.9. The van der Waals surface area contributed by atoms with Crippen LogP contribution in [-0.4, -0.2) is 26.2 Å². The van der Waals surface area contributed by atoms with E-state index in [0.717, 1.165) is 19.3 Å². The van der Waals surface area contributed by atoms with Gasteiger partial charge in [0.25, 0.3) is 0 Å². The SMILES string of the molecule is COc1ccc(Cl)cc1NC(=S)Nc1ccc(S(=O)(=O)NC23CC4CC(CC(C4)C2)C3)cc1. The second-order valence-corrected chi connectivity index (χ2v) is 12.3. The third-order valence-corrected chi connectivity index (χ3v) is 9.26. The molecule has 0 atom stereocenters. The van der Waals surface area contributed by atoms with Gasteiger partial charge in [0.1, 0.15) is 5.75 Å². The zero-order chi connectivity index (χ0) is 23.2. The number of nitrogens with one attached hydrogen (secondary N) is 3. The molecule has 33 heavy (non-hydrogen) atoms. The standard InChI is InChI=1S/C24H28ClN3O3S2/c1-31-22-7-2-18(25)11-21(22)27-23(32)26-19-3-5-20(6-4-19)33(29,30)28-24-12-15-8-16(13-24)10-17(9-15)14-24/h2-7,11,15-17,28H,8-10,12-14H2,1H3,(H2,26,27,32). The fourth-order valence-electron chi connectivity index (χ4n) is 6.36. The van der Waals surface area contributed by atoms with Crippen molar-refractivity contribution in [1.29, 1.82) is 0 Å². The van der Waals surface area contributed by atoms with Crippen molar-refractivity contribution in [1.82, 2.24) is 4.72 Å². The lowest BCUT2D eigenvalue weighted by Crippen LogP contribution is -2.59. The van der Waals surface area contributed by atoms with E-state index in [9.17, 15) is 8.42 Å². The topological polar surface area (TPSA) is 79.5 Å². The molecule has 0 saturated heterocycles. The van der Waals surface area contributed by atoms with E-state index in [2.05, 4.69) is 15.4 Å². The number of methoxy groups -OCH3 is 1. The minimum atomic E-state index is -3.59. The molecular weight excluding hydrogens is 478 g/mol. The van der Waals surface area contributed by atoms with Gasteiger partial charge in [0.2, 0.25) is 10.0 Å². The number of thiocarbonyl (C=S) groups is 1. The smallest absolute Gasteiger partial charge is 0.241 e. The van der Waals surface area contributed by atoms with Crippen molar-refractivity contribution in [3.63, 3.8) is 0 Å². The van der Waals surface area contributed by atoms with E-state index in [-0.39, 0.29) is 10.4 Å². The van der Waals surface area contributed by atoms with E-state index in [0.29, 0.717) is 45.0 Å². The quantitative estimate of drug-likeness (QED) is 0.456. The summed E-state index contributed by atoms with van der Waals surface area (Å²) >= 11 is 11.5. The van der Waals surface area contributed by atoms with E-state index in [4.69, 9.17) is 28.6 Å². The van der Waals surface area contributed by atoms with Crippen LogP contribution in [0.3, 0.4) is 0 Å². The van der Waals surface area contributed by atoms with Crippen LogP contribution in [0.4, 0.5) is 11.4 Å². The molecule has 6 nitrogen and oxygen atoms in total.